The van der Waals surface area contributed by atoms with E-state index in [2.05, 4.69) is 58.8 Å². The molecule has 0 radical (unpaired) electrons. The molecule has 0 amide bonds. The molecular formula is C13H30N2. The standard InChI is InChI=1S/C13H30N2/c1-12(2,3)14-10-8-9-11-15(7)13(4,5)6/h14H,8-11H2,1-7H3. The normalized spacial score (nSPS) is 13.6. The molecule has 0 saturated carbocycles. The van der Waals surface area contributed by atoms with E-state index in [1.807, 2.05) is 0 Å². The monoisotopic (exact) mass is 214 g/mol. The van der Waals surface area contributed by atoms with Gasteiger partial charge in [-0.25, -0.2) is 0 Å². The minimum atomic E-state index is 0.260. The van der Waals surface area contributed by atoms with E-state index in [0.29, 0.717) is 5.54 Å². The molecule has 0 rings (SSSR count). The van der Waals surface area contributed by atoms with Crippen LogP contribution in [0.3, 0.4) is 0 Å². The first kappa shape index (κ1) is 14.9. The zero-order chi connectivity index (χ0) is 12.1. The number of hydrogen-bond acceptors (Lipinski definition) is 2. The van der Waals surface area contributed by atoms with Crippen LogP contribution in [0.4, 0.5) is 0 Å². The molecular weight excluding hydrogens is 184 g/mol. The lowest BCUT2D eigenvalue weighted by molar-refractivity contribution is 0.172. The highest BCUT2D eigenvalue weighted by molar-refractivity contribution is 4.73. The molecule has 92 valence electrons. The molecule has 15 heavy (non-hydrogen) atoms. The Morgan fingerprint density at radius 2 is 1.47 bits per heavy atom. The molecule has 0 atom stereocenters. The summed E-state index contributed by atoms with van der Waals surface area (Å²) in [6, 6.07) is 0. The molecule has 1 N–H and O–H groups in total. The van der Waals surface area contributed by atoms with Gasteiger partial charge in [-0.1, -0.05) is 0 Å². The van der Waals surface area contributed by atoms with E-state index in [1.54, 1.807) is 0 Å². The van der Waals surface area contributed by atoms with E-state index >= 15 is 0 Å². The van der Waals surface area contributed by atoms with Crippen molar-refractivity contribution in [1.82, 2.24) is 10.2 Å². The number of hydrogen-bond donors (Lipinski definition) is 1. The fourth-order valence-corrected chi connectivity index (χ4v) is 1.27. The fourth-order valence-electron chi connectivity index (χ4n) is 1.27. The van der Waals surface area contributed by atoms with Crippen LogP contribution in [0.2, 0.25) is 0 Å². The number of nitrogens with one attached hydrogen (secondary N) is 1. The molecule has 0 heterocycles. The van der Waals surface area contributed by atoms with Crippen LogP contribution in [0, 0.1) is 0 Å². The van der Waals surface area contributed by atoms with Gasteiger partial charge < -0.3 is 10.2 Å². The zero-order valence-electron chi connectivity index (χ0n) is 11.8. The Morgan fingerprint density at radius 3 is 1.87 bits per heavy atom. The van der Waals surface area contributed by atoms with Gasteiger partial charge in [0.25, 0.3) is 0 Å². The van der Waals surface area contributed by atoms with Gasteiger partial charge in [0.2, 0.25) is 0 Å². The highest BCUT2D eigenvalue weighted by atomic mass is 15.1. The van der Waals surface area contributed by atoms with Crippen molar-refractivity contribution in [2.75, 3.05) is 20.1 Å². The van der Waals surface area contributed by atoms with Gasteiger partial charge >= 0.3 is 0 Å². The summed E-state index contributed by atoms with van der Waals surface area (Å²) in [6.07, 6.45) is 2.54. The Balaban J connectivity index is 3.48. The molecule has 0 spiro atoms. The summed E-state index contributed by atoms with van der Waals surface area (Å²) in [6.45, 7) is 15.8. The summed E-state index contributed by atoms with van der Waals surface area (Å²) >= 11 is 0. The van der Waals surface area contributed by atoms with Crippen LogP contribution < -0.4 is 5.32 Å². The van der Waals surface area contributed by atoms with E-state index < -0.39 is 0 Å². The first-order valence-electron chi connectivity index (χ1n) is 6.09. The Labute approximate surface area is 96.4 Å². The molecule has 0 aliphatic rings. The van der Waals surface area contributed by atoms with Gasteiger partial charge in [-0.3, -0.25) is 0 Å². The zero-order valence-corrected chi connectivity index (χ0v) is 11.8. The SMILES string of the molecule is CN(CCCCNC(C)(C)C)C(C)(C)C. The Kier molecular flexibility index (Phi) is 5.82. The third-order valence-electron chi connectivity index (χ3n) is 2.72. The van der Waals surface area contributed by atoms with E-state index in [-0.39, 0.29) is 5.54 Å². The average Bonchev–Trinajstić information content (AvgIpc) is 1.99. The first-order chi connectivity index (χ1) is 6.63. The van der Waals surface area contributed by atoms with Crippen molar-refractivity contribution >= 4 is 0 Å². The van der Waals surface area contributed by atoms with Gasteiger partial charge in [0.05, 0.1) is 0 Å². The summed E-state index contributed by atoms with van der Waals surface area (Å²) in [5.74, 6) is 0. The minimum absolute atomic E-state index is 0.260. The molecule has 0 unspecified atom stereocenters. The highest BCUT2D eigenvalue weighted by Crippen LogP contribution is 2.10. The average molecular weight is 214 g/mol. The van der Waals surface area contributed by atoms with E-state index in [1.165, 1.54) is 19.4 Å². The van der Waals surface area contributed by atoms with Crippen molar-refractivity contribution in [1.29, 1.82) is 0 Å². The maximum absolute atomic E-state index is 3.52. The number of rotatable bonds is 5. The first-order valence-corrected chi connectivity index (χ1v) is 6.09. The Hall–Kier alpha value is -0.0800. The van der Waals surface area contributed by atoms with Crippen LogP contribution in [0.1, 0.15) is 54.4 Å². The van der Waals surface area contributed by atoms with Crippen molar-refractivity contribution in [3.8, 4) is 0 Å². The molecule has 0 fully saturated rings. The highest BCUT2D eigenvalue weighted by Gasteiger charge is 2.15. The van der Waals surface area contributed by atoms with Crippen molar-refractivity contribution in [3.05, 3.63) is 0 Å². The predicted octanol–water partition coefficient (Wildman–Crippen LogP) is 2.89. The molecule has 0 bridgehead atoms. The Bertz CT molecular complexity index is 162. The second-order valence-corrected chi connectivity index (χ2v) is 6.48. The van der Waals surface area contributed by atoms with Crippen molar-refractivity contribution in [2.45, 2.75) is 65.5 Å². The summed E-state index contributed by atoms with van der Waals surface area (Å²) in [5, 5.41) is 3.52. The second-order valence-electron chi connectivity index (χ2n) is 6.48. The maximum Gasteiger partial charge on any atom is 0.0122 e. The largest absolute Gasteiger partial charge is 0.312 e. The van der Waals surface area contributed by atoms with Crippen molar-refractivity contribution < 1.29 is 0 Å². The van der Waals surface area contributed by atoms with E-state index in [0.717, 1.165) is 6.54 Å². The Morgan fingerprint density at radius 1 is 0.933 bits per heavy atom. The van der Waals surface area contributed by atoms with Gasteiger partial charge in [0.15, 0.2) is 0 Å². The maximum atomic E-state index is 3.52. The van der Waals surface area contributed by atoms with Crippen LogP contribution in [-0.4, -0.2) is 36.1 Å². The molecule has 0 saturated heterocycles. The molecule has 0 aromatic rings. The van der Waals surface area contributed by atoms with Crippen LogP contribution in [0.15, 0.2) is 0 Å². The third kappa shape index (κ3) is 8.88. The quantitative estimate of drug-likeness (QED) is 0.708. The van der Waals surface area contributed by atoms with Crippen LogP contribution in [0.5, 0.6) is 0 Å². The van der Waals surface area contributed by atoms with Gasteiger partial charge in [-0.2, -0.15) is 0 Å². The fraction of sp³-hybridized carbons (Fsp3) is 1.00. The molecule has 0 aliphatic carbocycles. The van der Waals surface area contributed by atoms with Crippen LogP contribution in [-0.2, 0) is 0 Å². The van der Waals surface area contributed by atoms with E-state index in [4.69, 9.17) is 0 Å². The minimum Gasteiger partial charge on any atom is -0.312 e. The topological polar surface area (TPSA) is 15.3 Å². The van der Waals surface area contributed by atoms with Gasteiger partial charge in [0, 0.05) is 11.1 Å². The molecule has 2 heteroatoms. The lowest BCUT2D eigenvalue weighted by Crippen LogP contribution is -2.39. The number of nitrogens with zero attached hydrogens (tertiary/aromatic N) is 1. The van der Waals surface area contributed by atoms with Crippen LogP contribution in [0.25, 0.3) is 0 Å². The number of unbranched alkanes of at least 4 members (excludes halogenated alkanes) is 1. The lowest BCUT2D eigenvalue weighted by atomic mass is 10.1. The molecule has 0 aliphatic heterocycles. The summed E-state index contributed by atoms with van der Waals surface area (Å²) in [5.41, 5.74) is 0.563. The van der Waals surface area contributed by atoms with Gasteiger partial charge in [-0.15, -0.1) is 0 Å². The van der Waals surface area contributed by atoms with Crippen molar-refractivity contribution in [3.63, 3.8) is 0 Å². The molecule has 0 aromatic carbocycles. The van der Waals surface area contributed by atoms with Crippen molar-refractivity contribution in [2.24, 2.45) is 0 Å². The lowest BCUT2D eigenvalue weighted by Gasteiger charge is -2.32. The second kappa shape index (κ2) is 5.86. The summed E-state index contributed by atoms with van der Waals surface area (Å²) in [4.78, 5) is 2.42. The summed E-state index contributed by atoms with van der Waals surface area (Å²) < 4.78 is 0. The van der Waals surface area contributed by atoms with Gasteiger partial charge in [-0.05, 0) is 74.5 Å². The summed E-state index contributed by atoms with van der Waals surface area (Å²) in [7, 11) is 2.21. The smallest absolute Gasteiger partial charge is 0.0122 e. The van der Waals surface area contributed by atoms with Gasteiger partial charge in [0.1, 0.15) is 0 Å². The van der Waals surface area contributed by atoms with Crippen LogP contribution >= 0.6 is 0 Å². The third-order valence-corrected chi connectivity index (χ3v) is 2.72. The molecule has 0 aromatic heterocycles. The predicted molar refractivity (Wildman–Crippen MR) is 69.4 cm³/mol. The molecule has 2 nitrogen and oxygen atoms in total. The van der Waals surface area contributed by atoms with E-state index in [9.17, 15) is 0 Å².